The summed E-state index contributed by atoms with van der Waals surface area (Å²) in [6, 6.07) is 10.1. The standard InChI is InChI=1S/C15H19NO2/c1-11(2)8-14-13(9-15(17)18-14)16-10-12-6-4-3-5-7-12/h3-7,9,11,14,16H,8,10H2,1-2H3/t14-/m1/s1. The van der Waals surface area contributed by atoms with Crippen LogP contribution in [-0.2, 0) is 16.1 Å². The van der Waals surface area contributed by atoms with Crippen molar-refractivity contribution < 1.29 is 9.53 Å². The first-order valence-electron chi connectivity index (χ1n) is 6.35. The van der Waals surface area contributed by atoms with Gasteiger partial charge in [-0.3, -0.25) is 0 Å². The average molecular weight is 245 g/mol. The first-order chi connectivity index (χ1) is 8.65. The lowest BCUT2D eigenvalue weighted by Gasteiger charge is -2.17. The molecule has 96 valence electrons. The zero-order valence-electron chi connectivity index (χ0n) is 10.8. The van der Waals surface area contributed by atoms with Crippen LogP contribution in [0.3, 0.4) is 0 Å². The molecule has 1 heterocycles. The Hall–Kier alpha value is -1.77. The first-order valence-corrected chi connectivity index (χ1v) is 6.35. The first kappa shape index (κ1) is 12.7. The molecule has 0 amide bonds. The summed E-state index contributed by atoms with van der Waals surface area (Å²) in [7, 11) is 0. The van der Waals surface area contributed by atoms with Crippen molar-refractivity contribution in [3.05, 3.63) is 47.7 Å². The third-order valence-electron chi connectivity index (χ3n) is 2.90. The van der Waals surface area contributed by atoms with Crippen LogP contribution in [0, 0.1) is 5.92 Å². The van der Waals surface area contributed by atoms with Crippen LogP contribution in [0.2, 0.25) is 0 Å². The molecule has 0 aromatic heterocycles. The molecule has 1 atom stereocenters. The topological polar surface area (TPSA) is 38.3 Å². The van der Waals surface area contributed by atoms with E-state index in [2.05, 4.69) is 31.3 Å². The number of nitrogens with one attached hydrogen (secondary N) is 1. The minimum atomic E-state index is -0.240. The SMILES string of the molecule is CC(C)C[C@H]1OC(=O)C=C1NCc1ccccc1. The number of benzene rings is 1. The van der Waals surface area contributed by atoms with E-state index < -0.39 is 0 Å². The van der Waals surface area contributed by atoms with Crippen LogP contribution in [-0.4, -0.2) is 12.1 Å². The van der Waals surface area contributed by atoms with Crippen molar-refractivity contribution in [1.29, 1.82) is 0 Å². The predicted molar refractivity (Wildman–Crippen MR) is 70.7 cm³/mol. The monoisotopic (exact) mass is 245 g/mol. The van der Waals surface area contributed by atoms with Crippen molar-refractivity contribution >= 4 is 5.97 Å². The molecule has 0 spiro atoms. The van der Waals surface area contributed by atoms with Gasteiger partial charge in [-0.05, 0) is 17.9 Å². The summed E-state index contributed by atoms with van der Waals surface area (Å²) in [5, 5.41) is 3.30. The Morgan fingerprint density at radius 3 is 2.67 bits per heavy atom. The highest BCUT2D eigenvalue weighted by molar-refractivity contribution is 5.85. The number of hydrogen-bond donors (Lipinski definition) is 1. The van der Waals surface area contributed by atoms with Crippen molar-refractivity contribution in [2.45, 2.75) is 32.9 Å². The third kappa shape index (κ3) is 3.36. The van der Waals surface area contributed by atoms with E-state index in [0.717, 1.165) is 18.7 Å². The molecule has 0 saturated heterocycles. The van der Waals surface area contributed by atoms with Crippen molar-refractivity contribution in [1.82, 2.24) is 5.32 Å². The van der Waals surface area contributed by atoms with E-state index in [-0.39, 0.29) is 12.1 Å². The van der Waals surface area contributed by atoms with E-state index in [1.807, 2.05) is 18.2 Å². The van der Waals surface area contributed by atoms with Gasteiger partial charge >= 0.3 is 5.97 Å². The highest BCUT2D eigenvalue weighted by atomic mass is 16.5. The maximum atomic E-state index is 11.3. The molecule has 0 bridgehead atoms. The molecule has 1 aromatic carbocycles. The molecule has 0 aliphatic carbocycles. The minimum Gasteiger partial charge on any atom is -0.453 e. The maximum Gasteiger partial charge on any atom is 0.333 e. The molecule has 1 aliphatic heterocycles. The van der Waals surface area contributed by atoms with Crippen LogP contribution >= 0.6 is 0 Å². The highest BCUT2D eigenvalue weighted by Crippen LogP contribution is 2.20. The molecule has 1 N–H and O–H groups in total. The lowest BCUT2D eigenvalue weighted by atomic mass is 10.0. The summed E-state index contributed by atoms with van der Waals surface area (Å²) < 4.78 is 5.28. The molecule has 2 rings (SSSR count). The van der Waals surface area contributed by atoms with E-state index in [9.17, 15) is 4.79 Å². The predicted octanol–water partition coefficient (Wildman–Crippen LogP) is 2.63. The number of hydrogen-bond acceptors (Lipinski definition) is 3. The Morgan fingerprint density at radius 1 is 1.28 bits per heavy atom. The van der Waals surface area contributed by atoms with E-state index in [0.29, 0.717) is 5.92 Å². The molecule has 1 aliphatic rings. The van der Waals surface area contributed by atoms with Crippen LogP contribution in [0.15, 0.2) is 42.1 Å². The number of rotatable bonds is 5. The minimum absolute atomic E-state index is 0.110. The van der Waals surface area contributed by atoms with Crippen molar-refractivity contribution in [2.24, 2.45) is 5.92 Å². The number of cyclic esters (lactones) is 1. The zero-order valence-corrected chi connectivity index (χ0v) is 10.8. The fraction of sp³-hybridized carbons (Fsp3) is 0.400. The quantitative estimate of drug-likeness (QED) is 0.810. The number of carbonyl (C=O) groups excluding carboxylic acids is 1. The van der Waals surface area contributed by atoms with Crippen molar-refractivity contribution in [3.63, 3.8) is 0 Å². The molecular formula is C15H19NO2. The maximum absolute atomic E-state index is 11.3. The van der Waals surface area contributed by atoms with Gasteiger partial charge in [0, 0.05) is 12.6 Å². The normalized spacial score (nSPS) is 18.7. The van der Waals surface area contributed by atoms with E-state index >= 15 is 0 Å². The molecule has 0 saturated carbocycles. The fourth-order valence-corrected chi connectivity index (χ4v) is 2.03. The molecule has 0 unspecified atom stereocenters. The molecule has 1 aromatic rings. The molecular weight excluding hydrogens is 226 g/mol. The van der Waals surface area contributed by atoms with Crippen LogP contribution in [0.1, 0.15) is 25.8 Å². The Morgan fingerprint density at radius 2 is 2.00 bits per heavy atom. The Balaban J connectivity index is 1.94. The lowest BCUT2D eigenvalue weighted by Crippen LogP contribution is -2.24. The summed E-state index contributed by atoms with van der Waals surface area (Å²) in [5.74, 6) is 0.263. The van der Waals surface area contributed by atoms with E-state index in [1.165, 1.54) is 5.56 Å². The summed E-state index contributed by atoms with van der Waals surface area (Å²) in [4.78, 5) is 11.3. The van der Waals surface area contributed by atoms with Crippen molar-refractivity contribution in [3.8, 4) is 0 Å². The van der Waals surface area contributed by atoms with Gasteiger partial charge in [0.05, 0.1) is 5.70 Å². The summed E-state index contributed by atoms with van der Waals surface area (Å²) >= 11 is 0. The average Bonchev–Trinajstić information content (AvgIpc) is 2.67. The zero-order chi connectivity index (χ0) is 13.0. The van der Waals surface area contributed by atoms with Gasteiger partial charge < -0.3 is 10.1 Å². The van der Waals surface area contributed by atoms with Crippen LogP contribution < -0.4 is 5.32 Å². The second-order valence-corrected chi connectivity index (χ2v) is 4.99. The molecule has 18 heavy (non-hydrogen) atoms. The number of carbonyl (C=O) groups is 1. The number of ether oxygens (including phenoxy) is 1. The van der Waals surface area contributed by atoms with Crippen LogP contribution in [0.4, 0.5) is 0 Å². The highest BCUT2D eigenvalue weighted by Gasteiger charge is 2.26. The largest absolute Gasteiger partial charge is 0.453 e. The second kappa shape index (κ2) is 5.71. The third-order valence-corrected chi connectivity index (χ3v) is 2.90. The van der Waals surface area contributed by atoms with Crippen molar-refractivity contribution in [2.75, 3.05) is 0 Å². The van der Waals surface area contributed by atoms with E-state index in [4.69, 9.17) is 4.74 Å². The smallest absolute Gasteiger partial charge is 0.333 e. The molecule has 3 heteroatoms. The van der Waals surface area contributed by atoms with E-state index in [1.54, 1.807) is 6.08 Å². The van der Waals surface area contributed by atoms with Gasteiger partial charge in [-0.25, -0.2) is 4.79 Å². The number of esters is 1. The van der Waals surface area contributed by atoms with Gasteiger partial charge in [-0.15, -0.1) is 0 Å². The van der Waals surface area contributed by atoms with Gasteiger partial charge in [0.1, 0.15) is 6.10 Å². The Bertz CT molecular complexity index is 437. The summed E-state index contributed by atoms with van der Waals surface area (Å²) in [6.45, 7) is 4.97. The summed E-state index contributed by atoms with van der Waals surface area (Å²) in [5.41, 5.74) is 2.10. The second-order valence-electron chi connectivity index (χ2n) is 4.99. The molecule has 0 radical (unpaired) electrons. The molecule has 3 nitrogen and oxygen atoms in total. The van der Waals surface area contributed by atoms with Gasteiger partial charge in [-0.2, -0.15) is 0 Å². The summed E-state index contributed by atoms with van der Waals surface area (Å²) in [6.07, 6.45) is 2.32. The van der Waals surface area contributed by atoms with Gasteiger partial charge in [0.2, 0.25) is 0 Å². The Kier molecular flexibility index (Phi) is 4.03. The fourth-order valence-electron chi connectivity index (χ4n) is 2.03. The van der Waals surface area contributed by atoms with Gasteiger partial charge in [0.25, 0.3) is 0 Å². The van der Waals surface area contributed by atoms with Crippen LogP contribution in [0.5, 0.6) is 0 Å². The molecule has 0 fully saturated rings. The lowest BCUT2D eigenvalue weighted by molar-refractivity contribution is -0.139. The van der Waals surface area contributed by atoms with Crippen LogP contribution in [0.25, 0.3) is 0 Å². The van der Waals surface area contributed by atoms with Gasteiger partial charge in [-0.1, -0.05) is 44.2 Å². The Labute approximate surface area is 108 Å². The van der Waals surface area contributed by atoms with Gasteiger partial charge in [0.15, 0.2) is 0 Å².